The molecule has 0 aromatic heterocycles. The van der Waals surface area contributed by atoms with Crippen LogP contribution in [-0.4, -0.2) is 37.1 Å². The molecule has 2 saturated heterocycles. The Morgan fingerprint density at radius 2 is 2.12 bits per heavy atom. The Morgan fingerprint density at radius 3 is 2.75 bits per heavy atom. The third kappa shape index (κ3) is 2.98. The fraction of sp³-hybridized carbons (Fsp3) is 1.00. The Labute approximate surface area is 101 Å². The van der Waals surface area contributed by atoms with E-state index in [2.05, 4.69) is 24.1 Å². The summed E-state index contributed by atoms with van der Waals surface area (Å²) in [7, 11) is 0. The summed E-state index contributed by atoms with van der Waals surface area (Å²) < 4.78 is 0. The van der Waals surface area contributed by atoms with Crippen LogP contribution in [0.3, 0.4) is 0 Å². The first-order chi connectivity index (χ1) is 7.81. The van der Waals surface area contributed by atoms with Crippen LogP contribution in [0.5, 0.6) is 0 Å². The highest BCUT2D eigenvalue weighted by Gasteiger charge is 2.28. The van der Waals surface area contributed by atoms with Crippen molar-refractivity contribution >= 4 is 0 Å². The lowest BCUT2D eigenvalue weighted by molar-refractivity contribution is 0.0942. The molecule has 0 aliphatic carbocycles. The summed E-state index contributed by atoms with van der Waals surface area (Å²) in [6.45, 7) is 9.99. The maximum atomic E-state index is 3.40. The normalized spacial score (nSPS) is 30.0. The molecule has 0 amide bonds. The fourth-order valence-corrected chi connectivity index (χ4v) is 3.19. The number of nitrogens with zero attached hydrogens (tertiary/aromatic N) is 1. The molecular weight excluding hydrogens is 196 g/mol. The van der Waals surface area contributed by atoms with E-state index in [1.165, 1.54) is 58.3 Å². The molecule has 0 saturated carbocycles. The zero-order valence-corrected chi connectivity index (χ0v) is 11.0. The Hall–Kier alpha value is -0.0800. The minimum Gasteiger partial charge on any atom is -0.316 e. The molecule has 0 aromatic carbocycles. The molecule has 0 spiro atoms. The van der Waals surface area contributed by atoms with E-state index in [0.717, 1.165) is 17.9 Å². The smallest absolute Gasteiger partial charge is 0.00952 e. The van der Waals surface area contributed by atoms with Gasteiger partial charge in [-0.05, 0) is 50.7 Å². The van der Waals surface area contributed by atoms with Crippen molar-refractivity contribution < 1.29 is 0 Å². The number of hydrogen-bond donors (Lipinski definition) is 1. The summed E-state index contributed by atoms with van der Waals surface area (Å²) in [5.74, 6) is 1.84. The predicted molar refractivity (Wildman–Crippen MR) is 69.6 cm³/mol. The van der Waals surface area contributed by atoms with Crippen LogP contribution in [0, 0.1) is 11.8 Å². The SMILES string of the molecule is CCCC1CCCCN1CC(C)C1CNC1. The number of nitrogens with one attached hydrogen (secondary N) is 1. The largest absolute Gasteiger partial charge is 0.316 e. The third-order valence-electron chi connectivity index (χ3n) is 4.51. The van der Waals surface area contributed by atoms with Crippen molar-refractivity contribution in [3.8, 4) is 0 Å². The van der Waals surface area contributed by atoms with E-state index < -0.39 is 0 Å². The predicted octanol–water partition coefficient (Wildman–Crippen LogP) is 2.50. The molecular formula is C14H28N2. The summed E-state index contributed by atoms with van der Waals surface area (Å²) in [5, 5.41) is 3.40. The highest BCUT2D eigenvalue weighted by Crippen LogP contribution is 2.24. The quantitative estimate of drug-likeness (QED) is 0.772. The van der Waals surface area contributed by atoms with Crippen molar-refractivity contribution in [3.05, 3.63) is 0 Å². The van der Waals surface area contributed by atoms with E-state index in [9.17, 15) is 0 Å². The zero-order chi connectivity index (χ0) is 11.4. The molecule has 2 heteroatoms. The molecule has 2 nitrogen and oxygen atoms in total. The highest BCUT2D eigenvalue weighted by molar-refractivity contribution is 4.84. The van der Waals surface area contributed by atoms with Crippen LogP contribution in [0.2, 0.25) is 0 Å². The van der Waals surface area contributed by atoms with Crippen LogP contribution in [0.15, 0.2) is 0 Å². The number of rotatable bonds is 5. The van der Waals surface area contributed by atoms with Gasteiger partial charge in [0.15, 0.2) is 0 Å². The van der Waals surface area contributed by atoms with Crippen molar-refractivity contribution in [1.29, 1.82) is 0 Å². The number of likely N-dealkylation sites (tertiary alicyclic amines) is 1. The van der Waals surface area contributed by atoms with Gasteiger partial charge in [0, 0.05) is 12.6 Å². The van der Waals surface area contributed by atoms with E-state index >= 15 is 0 Å². The Morgan fingerprint density at radius 1 is 1.31 bits per heavy atom. The Balaban J connectivity index is 1.80. The first-order valence-electron chi connectivity index (χ1n) is 7.26. The maximum Gasteiger partial charge on any atom is 0.00952 e. The second kappa shape index (κ2) is 6.02. The first kappa shape index (κ1) is 12.4. The monoisotopic (exact) mass is 224 g/mol. The summed E-state index contributed by atoms with van der Waals surface area (Å²) in [4.78, 5) is 2.79. The second-order valence-electron chi connectivity index (χ2n) is 5.83. The van der Waals surface area contributed by atoms with Gasteiger partial charge in [0.05, 0.1) is 0 Å². The van der Waals surface area contributed by atoms with Crippen LogP contribution in [0.1, 0.15) is 46.0 Å². The van der Waals surface area contributed by atoms with E-state index in [4.69, 9.17) is 0 Å². The Bertz CT molecular complexity index is 199. The van der Waals surface area contributed by atoms with Crippen molar-refractivity contribution in [2.75, 3.05) is 26.2 Å². The van der Waals surface area contributed by atoms with Gasteiger partial charge in [0.25, 0.3) is 0 Å². The molecule has 2 aliphatic rings. The molecule has 2 aliphatic heterocycles. The molecule has 0 radical (unpaired) electrons. The van der Waals surface area contributed by atoms with Gasteiger partial charge in [0.1, 0.15) is 0 Å². The van der Waals surface area contributed by atoms with Gasteiger partial charge in [-0.2, -0.15) is 0 Å². The van der Waals surface area contributed by atoms with Gasteiger partial charge >= 0.3 is 0 Å². The molecule has 0 aromatic rings. The van der Waals surface area contributed by atoms with Crippen molar-refractivity contribution in [1.82, 2.24) is 10.2 Å². The van der Waals surface area contributed by atoms with Gasteiger partial charge in [-0.25, -0.2) is 0 Å². The first-order valence-corrected chi connectivity index (χ1v) is 7.26. The van der Waals surface area contributed by atoms with Crippen LogP contribution in [-0.2, 0) is 0 Å². The Kier molecular flexibility index (Phi) is 4.66. The average molecular weight is 224 g/mol. The van der Waals surface area contributed by atoms with Gasteiger partial charge < -0.3 is 10.2 Å². The van der Waals surface area contributed by atoms with Crippen LogP contribution in [0.4, 0.5) is 0 Å². The van der Waals surface area contributed by atoms with Crippen molar-refractivity contribution in [3.63, 3.8) is 0 Å². The van der Waals surface area contributed by atoms with Gasteiger partial charge in [0.2, 0.25) is 0 Å². The zero-order valence-electron chi connectivity index (χ0n) is 11.0. The summed E-state index contributed by atoms with van der Waals surface area (Å²) in [5.41, 5.74) is 0. The lowest BCUT2D eigenvalue weighted by Crippen LogP contribution is -2.50. The topological polar surface area (TPSA) is 15.3 Å². The molecule has 0 bridgehead atoms. The van der Waals surface area contributed by atoms with Crippen LogP contribution < -0.4 is 5.32 Å². The lowest BCUT2D eigenvalue weighted by atomic mass is 9.87. The second-order valence-corrected chi connectivity index (χ2v) is 5.83. The number of hydrogen-bond acceptors (Lipinski definition) is 2. The molecule has 1 N–H and O–H groups in total. The molecule has 2 unspecified atom stereocenters. The third-order valence-corrected chi connectivity index (χ3v) is 4.51. The van der Waals surface area contributed by atoms with Crippen molar-refractivity contribution in [2.24, 2.45) is 11.8 Å². The standard InChI is InChI=1S/C14H28N2/c1-3-6-14-7-4-5-8-16(14)11-12(2)13-9-15-10-13/h12-15H,3-11H2,1-2H3. The fourth-order valence-electron chi connectivity index (χ4n) is 3.19. The molecule has 2 rings (SSSR count). The van der Waals surface area contributed by atoms with Gasteiger partial charge in [-0.15, -0.1) is 0 Å². The van der Waals surface area contributed by atoms with E-state index in [0.29, 0.717) is 0 Å². The summed E-state index contributed by atoms with van der Waals surface area (Å²) in [6, 6.07) is 0.897. The van der Waals surface area contributed by atoms with Gasteiger partial charge in [-0.1, -0.05) is 26.7 Å². The summed E-state index contributed by atoms with van der Waals surface area (Å²) >= 11 is 0. The molecule has 2 heterocycles. The van der Waals surface area contributed by atoms with E-state index in [-0.39, 0.29) is 0 Å². The summed E-state index contributed by atoms with van der Waals surface area (Å²) in [6.07, 6.45) is 7.09. The lowest BCUT2D eigenvalue weighted by Gasteiger charge is -2.41. The van der Waals surface area contributed by atoms with E-state index in [1.807, 2.05) is 0 Å². The molecule has 2 atom stereocenters. The van der Waals surface area contributed by atoms with E-state index in [1.54, 1.807) is 0 Å². The average Bonchev–Trinajstić information content (AvgIpc) is 2.18. The molecule has 94 valence electrons. The van der Waals surface area contributed by atoms with Gasteiger partial charge in [-0.3, -0.25) is 0 Å². The minimum atomic E-state index is 0.888. The molecule has 2 fully saturated rings. The molecule has 16 heavy (non-hydrogen) atoms. The van der Waals surface area contributed by atoms with Crippen LogP contribution in [0.25, 0.3) is 0 Å². The van der Waals surface area contributed by atoms with Crippen LogP contribution >= 0.6 is 0 Å². The maximum absolute atomic E-state index is 3.40. The number of piperidine rings is 1. The highest BCUT2D eigenvalue weighted by atomic mass is 15.2. The minimum absolute atomic E-state index is 0.888. The van der Waals surface area contributed by atoms with Crippen molar-refractivity contribution in [2.45, 2.75) is 52.0 Å².